The molecule has 1 saturated heterocycles. The van der Waals surface area contributed by atoms with Crippen LogP contribution in [0.25, 0.3) is 10.9 Å². The summed E-state index contributed by atoms with van der Waals surface area (Å²) in [6, 6.07) is 21.2. The molecule has 0 radical (unpaired) electrons. The summed E-state index contributed by atoms with van der Waals surface area (Å²) in [5.41, 5.74) is 4.15. The highest BCUT2D eigenvalue weighted by Gasteiger charge is 2.35. The largest absolute Gasteiger partial charge is 0.361 e. The summed E-state index contributed by atoms with van der Waals surface area (Å²) in [4.78, 5) is 44.0. The van der Waals surface area contributed by atoms with Crippen LogP contribution < -0.4 is 15.1 Å². The number of fused-ring (bicyclic) bond motifs is 2. The number of carbonyl (C=O) groups excluding carboxylic acids is 2. The van der Waals surface area contributed by atoms with Crippen LogP contribution in [0.3, 0.4) is 0 Å². The topological polar surface area (TPSA) is 87.8 Å². The number of anilines is 2. The third-order valence-electron chi connectivity index (χ3n) is 8.36. The number of urea groups is 1. The SMILES string of the molecule is CN(C)CC1Cc2ccccc2N(C(=O)[C@@H](Cc2c[nH]c3ccccc23)NC(=O)N2CCN(c3ccccn3)CC2)C1. The van der Waals surface area contributed by atoms with Gasteiger partial charge in [-0.25, -0.2) is 9.78 Å². The van der Waals surface area contributed by atoms with Crippen molar-refractivity contribution in [1.29, 1.82) is 0 Å². The van der Waals surface area contributed by atoms with Crippen molar-refractivity contribution in [2.24, 2.45) is 5.92 Å². The minimum atomic E-state index is -0.711. The first-order chi connectivity index (χ1) is 20.5. The fraction of sp³-hybridized carbons (Fsp3) is 0.364. The molecule has 0 spiro atoms. The highest BCUT2D eigenvalue weighted by molar-refractivity contribution is 6.00. The Kier molecular flexibility index (Phi) is 8.10. The molecule has 2 aromatic carbocycles. The second-order valence-corrected chi connectivity index (χ2v) is 11.6. The Labute approximate surface area is 247 Å². The van der Waals surface area contributed by atoms with Crippen LogP contribution in [0.2, 0.25) is 0 Å². The molecule has 4 aromatic rings. The Morgan fingerprint density at radius 1 is 1.00 bits per heavy atom. The lowest BCUT2D eigenvalue weighted by Gasteiger charge is -2.39. The van der Waals surface area contributed by atoms with Crippen molar-refractivity contribution in [3.05, 3.63) is 90.3 Å². The van der Waals surface area contributed by atoms with Crippen LogP contribution >= 0.6 is 0 Å². The van der Waals surface area contributed by atoms with Crippen molar-refractivity contribution in [3.8, 4) is 0 Å². The Morgan fingerprint density at radius 3 is 2.55 bits per heavy atom. The second-order valence-electron chi connectivity index (χ2n) is 11.6. The molecule has 0 aliphatic carbocycles. The van der Waals surface area contributed by atoms with Crippen LogP contribution in [-0.4, -0.2) is 91.1 Å². The highest BCUT2D eigenvalue weighted by atomic mass is 16.2. The molecule has 2 aromatic heterocycles. The molecule has 2 N–H and O–H groups in total. The number of carbonyl (C=O) groups is 2. The first-order valence-corrected chi connectivity index (χ1v) is 14.8. The Morgan fingerprint density at radius 2 is 1.76 bits per heavy atom. The number of hydrogen-bond acceptors (Lipinski definition) is 5. The van der Waals surface area contributed by atoms with Gasteiger partial charge in [0.1, 0.15) is 11.9 Å². The van der Waals surface area contributed by atoms with Crippen molar-refractivity contribution >= 4 is 34.3 Å². The molecule has 2 atom stereocenters. The van der Waals surface area contributed by atoms with Crippen LogP contribution in [0.1, 0.15) is 11.1 Å². The van der Waals surface area contributed by atoms with Gasteiger partial charge >= 0.3 is 6.03 Å². The van der Waals surface area contributed by atoms with Crippen molar-refractivity contribution in [1.82, 2.24) is 25.1 Å². The number of benzene rings is 2. The molecular formula is C33H39N7O2. The molecule has 42 heavy (non-hydrogen) atoms. The van der Waals surface area contributed by atoms with Gasteiger partial charge in [-0.1, -0.05) is 42.5 Å². The normalized spacial score (nSPS) is 17.8. The first-order valence-electron chi connectivity index (χ1n) is 14.8. The average Bonchev–Trinajstić information content (AvgIpc) is 3.43. The number of para-hydroxylation sites is 2. The van der Waals surface area contributed by atoms with E-state index in [-0.39, 0.29) is 11.9 Å². The van der Waals surface area contributed by atoms with Crippen molar-refractivity contribution < 1.29 is 9.59 Å². The maximum atomic E-state index is 14.5. The number of hydrogen-bond donors (Lipinski definition) is 2. The van der Waals surface area contributed by atoms with Gasteiger partial charge in [-0.3, -0.25) is 4.79 Å². The summed E-state index contributed by atoms with van der Waals surface area (Å²) in [5, 5.41) is 4.23. The van der Waals surface area contributed by atoms with Gasteiger partial charge in [0.2, 0.25) is 5.91 Å². The van der Waals surface area contributed by atoms with Crippen LogP contribution in [0.5, 0.6) is 0 Å². The van der Waals surface area contributed by atoms with E-state index >= 15 is 0 Å². The van der Waals surface area contributed by atoms with Gasteiger partial charge in [0.15, 0.2) is 0 Å². The zero-order chi connectivity index (χ0) is 29.1. The van der Waals surface area contributed by atoms with Crippen LogP contribution in [0, 0.1) is 5.92 Å². The lowest BCUT2D eigenvalue weighted by atomic mass is 9.91. The number of piperazine rings is 1. The third-order valence-corrected chi connectivity index (χ3v) is 8.36. The number of nitrogens with one attached hydrogen (secondary N) is 2. The summed E-state index contributed by atoms with van der Waals surface area (Å²) >= 11 is 0. The molecule has 6 rings (SSSR count). The third kappa shape index (κ3) is 5.97. The predicted molar refractivity (Wildman–Crippen MR) is 167 cm³/mol. The summed E-state index contributed by atoms with van der Waals surface area (Å²) in [6.45, 7) is 4.02. The zero-order valence-corrected chi connectivity index (χ0v) is 24.4. The second kappa shape index (κ2) is 12.2. The molecule has 1 unspecified atom stereocenters. The van der Waals surface area contributed by atoms with Gasteiger partial charge in [-0.15, -0.1) is 0 Å². The van der Waals surface area contributed by atoms with E-state index in [1.54, 1.807) is 6.20 Å². The van der Waals surface area contributed by atoms with Crippen LogP contribution in [0.4, 0.5) is 16.3 Å². The van der Waals surface area contributed by atoms with Gasteiger partial charge in [0.25, 0.3) is 0 Å². The van der Waals surface area contributed by atoms with Gasteiger partial charge in [0, 0.05) is 74.7 Å². The Bertz CT molecular complexity index is 1530. The molecule has 0 bridgehead atoms. The van der Waals surface area contributed by atoms with Gasteiger partial charge < -0.3 is 29.9 Å². The van der Waals surface area contributed by atoms with Crippen LogP contribution in [-0.2, 0) is 17.6 Å². The average molecular weight is 566 g/mol. The number of nitrogens with zero attached hydrogens (tertiary/aromatic N) is 5. The summed E-state index contributed by atoms with van der Waals surface area (Å²) < 4.78 is 0. The molecule has 2 aliphatic heterocycles. The lowest BCUT2D eigenvalue weighted by molar-refractivity contribution is -0.120. The molecule has 218 valence electrons. The van der Waals surface area contributed by atoms with E-state index in [2.05, 4.69) is 51.3 Å². The fourth-order valence-electron chi connectivity index (χ4n) is 6.35. The van der Waals surface area contributed by atoms with E-state index < -0.39 is 6.04 Å². The predicted octanol–water partition coefficient (Wildman–Crippen LogP) is 3.77. The van der Waals surface area contributed by atoms with Crippen molar-refractivity contribution in [2.75, 3.05) is 63.2 Å². The number of H-pyrrole nitrogens is 1. The Balaban J connectivity index is 1.24. The standard InChI is InChI=1S/C33H39N7O2/c1-37(2)22-24-19-25-9-3-6-12-30(25)40(23-24)32(41)29(20-26-21-35-28-11-5-4-10-27(26)28)36-33(42)39-17-15-38(16-18-39)31-13-7-8-14-34-31/h3-14,21,24,29,35H,15-20,22-23H2,1-2H3,(H,36,42)/t24?,29-/m1/s1. The lowest BCUT2D eigenvalue weighted by Crippen LogP contribution is -2.58. The highest BCUT2D eigenvalue weighted by Crippen LogP contribution is 2.31. The molecular weight excluding hydrogens is 526 g/mol. The quantitative estimate of drug-likeness (QED) is 0.356. The smallest absolute Gasteiger partial charge is 0.318 e. The van der Waals surface area contributed by atoms with Crippen molar-refractivity contribution in [2.45, 2.75) is 18.9 Å². The number of aromatic amines is 1. The molecule has 2 aliphatic rings. The molecule has 9 nitrogen and oxygen atoms in total. The molecule has 1 fully saturated rings. The maximum absolute atomic E-state index is 14.5. The first kappa shape index (κ1) is 27.8. The van der Waals surface area contributed by atoms with Crippen LogP contribution in [0.15, 0.2) is 79.1 Å². The molecule has 0 saturated carbocycles. The van der Waals surface area contributed by atoms with E-state index in [4.69, 9.17) is 0 Å². The number of rotatable bonds is 7. The van der Waals surface area contributed by atoms with Gasteiger partial charge in [-0.05, 0) is 61.8 Å². The minimum Gasteiger partial charge on any atom is -0.361 e. The summed E-state index contributed by atoms with van der Waals surface area (Å²) in [5.74, 6) is 1.15. The van der Waals surface area contributed by atoms with Gasteiger partial charge in [-0.2, -0.15) is 0 Å². The fourth-order valence-corrected chi connectivity index (χ4v) is 6.35. The number of pyridine rings is 1. The molecule has 9 heteroatoms. The van der Waals surface area contributed by atoms with E-state index in [9.17, 15) is 9.59 Å². The van der Waals surface area contributed by atoms with E-state index in [1.807, 2.05) is 70.6 Å². The molecule has 4 heterocycles. The van der Waals surface area contributed by atoms with E-state index in [0.717, 1.165) is 40.9 Å². The van der Waals surface area contributed by atoms with Crippen molar-refractivity contribution in [3.63, 3.8) is 0 Å². The summed E-state index contributed by atoms with van der Waals surface area (Å²) in [7, 11) is 4.14. The Hall–Kier alpha value is -4.37. The maximum Gasteiger partial charge on any atom is 0.318 e. The van der Waals surface area contributed by atoms with E-state index in [0.29, 0.717) is 45.1 Å². The summed E-state index contributed by atoms with van der Waals surface area (Å²) in [6.07, 6.45) is 5.08. The number of amides is 3. The van der Waals surface area contributed by atoms with E-state index in [1.165, 1.54) is 5.56 Å². The molecule has 3 amide bonds. The monoisotopic (exact) mass is 565 g/mol. The zero-order valence-electron chi connectivity index (χ0n) is 24.4. The number of aromatic nitrogens is 2. The van der Waals surface area contributed by atoms with Gasteiger partial charge in [0.05, 0.1) is 0 Å². The minimum absolute atomic E-state index is 0.0725.